The minimum atomic E-state index is -0.572. The minimum Gasteiger partial charge on any atom is -0.483 e. The van der Waals surface area contributed by atoms with E-state index in [1.807, 2.05) is 76.2 Å². The molecule has 0 aliphatic heterocycles. The van der Waals surface area contributed by atoms with Crippen LogP contribution in [0.5, 0.6) is 5.75 Å². The Balaban J connectivity index is 2.10. The average molecular weight is 411 g/mol. The number of nitrogens with one attached hydrogen (secondary N) is 1. The lowest BCUT2D eigenvalue weighted by Crippen LogP contribution is -2.51. The number of hydrogen-bond donors (Lipinski definition) is 1. The number of hydrogen-bond acceptors (Lipinski definition) is 3. The van der Waals surface area contributed by atoms with Gasteiger partial charge in [-0.05, 0) is 63.3 Å². The third-order valence-electron chi connectivity index (χ3n) is 5.35. The predicted octanol–water partition coefficient (Wildman–Crippen LogP) is 4.06. The van der Waals surface area contributed by atoms with Gasteiger partial charge in [-0.25, -0.2) is 0 Å². The van der Waals surface area contributed by atoms with Crippen molar-refractivity contribution in [2.24, 2.45) is 0 Å². The summed E-state index contributed by atoms with van der Waals surface area (Å²) in [6.07, 6.45) is 1.52. The van der Waals surface area contributed by atoms with Crippen molar-refractivity contribution in [2.45, 2.75) is 59.5 Å². The Labute approximate surface area is 180 Å². The molecular formula is C25H34N2O3. The maximum absolute atomic E-state index is 13.1. The Bertz CT molecular complexity index is 836. The molecule has 0 aliphatic rings. The van der Waals surface area contributed by atoms with Crippen molar-refractivity contribution < 1.29 is 14.3 Å². The predicted molar refractivity (Wildman–Crippen MR) is 121 cm³/mol. The molecule has 1 N–H and O–H groups in total. The van der Waals surface area contributed by atoms with Crippen LogP contribution in [0.3, 0.4) is 0 Å². The van der Waals surface area contributed by atoms with Gasteiger partial charge in [0.1, 0.15) is 11.8 Å². The standard InChI is InChI=1S/C25H34N2O3/c1-6-20(4)26-25(29)21(5)27(15-14-22-10-8-7-9-11-22)24(28)17-30-23-16-18(2)12-13-19(23)3/h7-13,16,20-21H,6,14-15,17H2,1-5H3,(H,26,29)/t20-,21-/m0/s1. The van der Waals surface area contributed by atoms with Gasteiger partial charge in [-0.2, -0.15) is 0 Å². The van der Waals surface area contributed by atoms with Gasteiger partial charge in [-0.15, -0.1) is 0 Å². The Kier molecular flexibility index (Phi) is 8.90. The summed E-state index contributed by atoms with van der Waals surface area (Å²) >= 11 is 0. The average Bonchev–Trinajstić information content (AvgIpc) is 2.74. The lowest BCUT2D eigenvalue weighted by molar-refractivity contribution is -0.141. The van der Waals surface area contributed by atoms with E-state index in [1.54, 1.807) is 11.8 Å². The van der Waals surface area contributed by atoms with Crippen LogP contribution in [-0.4, -0.2) is 41.9 Å². The second-order valence-electron chi connectivity index (χ2n) is 7.87. The molecule has 0 aromatic heterocycles. The number of rotatable bonds is 10. The Hall–Kier alpha value is -2.82. The summed E-state index contributed by atoms with van der Waals surface area (Å²) in [6.45, 7) is 10.1. The Morgan fingerprint density at radius 3 is 2.43 bits per heavy atom. The summed E-state index contributed by atoms with van der Waals surface area (Å²) in [5.74, 6) is 0.360. The normalized spacial score (nSPS) is 12.7. The summed E-state index contributed by atoms with van der Waals surface area (Å²) in [7, 11) is 0. The van der Waals surface area contributed by atoms with Gasteiger partial charge >= 0.3 is 0 Å². The first-order valence-electron chi connectivity index (χ1n) is 10.7. The third-order valence-corrected chi connectivity index (χ3v) is 5.35. The molecule has 0 fully saturated rings. The summed E-state index contributed by atoms with van der Waals surface area (Å²) in [5, 5.41) is 2.98. The van der Waals surface area contributed by atoms with Gasteiger partial charge in [0.2, 0.25) is 5.91 Å². The quantitative estimate of drug-likeness (QED) is 0.643. The lowest BCUT2D eigenvalue weighted by atomic mass is 10.1. The first kappa shape index (κ1) is 23.5. The van der Waals surface area contributed by atoms with Gasteiger partial charge < -0.3 is 15.0 Å². The molecular weight excluding hydrogens is 376 g/mol. The largest absolute Gasteiger partial charge is 0.483 e. The number of benzene rings is 2. The summed E-state index contributed by atoms with van der Waals surface area (Å²) in [4.78, 5) is 27.4. The van der Waals surface area contributed by atoms with Crippen molar-refractivity contribution in [3.8, 4) is 5.75 Å². The second kappa shape index (κ2) is 11.4. The molecule has 0 bridgehead atoms. The highest BCUT2D eigenvalue weighted by Gasteiger charge is 2.26. The summed E-state index contributed by atoms with van der Waals surface area (Å²) in [5.41, 5.74) is 3.18. The van der Waals surface area contributed by atoms with Crippen molar-refractivity contribution in [2.75, 3.05) is 13.2 Å². The van der Waals surface area contributed by atoms with E-state index in [-0.39, 0.29) is 24.5 Å². The summed E-state index contributed by atoms with van der Waals surface area (Å²) < 4.78 is 5.82. The first-order valence-corrected chi connectivity index (χ1v) is 10.7. The molecule has 5 heteroatoms. The number of amides is 2. The number of carbonyl (C=O) groups is 2. The molecule has 0 heterocycles. The minimum absolute atomic E-state index is 0.0669. The van der Waals surface area contributed by atoms with Gasteiger partial charge in [0.25, 0.3) is 5.91 Å². The summed E-state index contributed by atoms with van der Waals surface area (Å²) in [6, 6.07) is 15.4. The maximum atomic E-state index is 13.1. The molecule has 0 radical (unpaired) electrons. The second-order valence-corrected chi connectivity index (χ2v) is 7.87. The van der Waals surface area contributed by atoms with Crippen LogP contribution in [0.4, 0.5) is 0 Å². The molecule has 0 unspecified atom stereocenters. The molecule has 2 rings (SSSR count). The fourth-order valence-corrected chi connectivity index (χ4v) is 3.12. The van der Waals surface area contributed by atoms with Gasteiger partial charge in [-0.3, -0.25) is 9.59 Å². The molecule has 30 heavy (non-hydrogen) atoms. The molecule has 0 aliphatic carbocycles. The SMILES string of the molecule is CC[C@H](C)NC(=O)[C@H](C)N(CCc1ccccc1)C(=O)COc1cc(C)ccc1C. The van der Waals surface area contributed by atoms with Gasteiger partial charge in [0, 0.05) is 12.6 Å². The van der Waals surface area contributed by atoms with Gasteiger partial charge in [-0.1, -0.05) is 49.4 Å². The van der Waals surface area contributed by atoms with Crippen LogP contribution in [0, 0.1) is 13.8 Å². The highest BCUT2D eigenvalue weighted by molar-refractivity contribution is 5.88. The van der Waals surface area contributed by atoms with E-state index in [2.05, 4.69) is 5.32 Å². The zero-order valence-corrected chi connectivity index (χ0v) is 18.8. The molecule has 0 saturated carbocycles. The van der Waals surface area contributed by atoms with E-state index in [1.165, 1.54) is 0 Å². The third kappa shape index (κ3) is 6.90. The van der Waals surface area contributed by atoms with Crippen molar-refractivity contribution >= 4 is 11.8 Å². The lowest BCUT2D eigenvalue weighted by Gasteiger charge is -2.29. The van der Waals surface area contributed by atoms with Crippen LogP contribution in [0.2, 0.25) is 0 Å². The van der Waals surface area contributed by atoms with Crippen LogP contribution in [-0.2, 0) is 16.0 Å². The van der Waals surface area contributed by atoms with Crippen LogP contribution in [0.25, 0.3) is 0 Å². The number of nitrogens with zero attached hydrogens (tertiary/aromatic N) is 1. The van der Waals surface area contributed by atoms with E-state index < -0.39 is 6.04 Å². The zero-order valence-electron chi connectivity index (χ0n) is 18.8. The molecule has 0 spiro atoms. The van der Waals surface area contributed by atoms with Gasteiger partial charge in [0.05, 0.1) is 0 Å². The monoisotopic (exact) mass is 410 g/mol. The molecule has 2 aromatic carbocycles. The Morgan fingerprint density at radius 1 is 1.07 bits per heavy atom. The molecule has 2 aromatic rings. The topological polar surface area (TPSA) is 58.6 Å². The van der Waals surface area contributed by atoms with Crippen molar-refractivity contribution in [3.05, 3.63) is 65.2 Å². The van der Waals surface area contributed by atoms with E-state index in [4.69, 9.17) is 4.74 Å². The molecule has 162 valence electrons. The Morgan fingerprint density at radius 2 is 1.77 bits per heavy atom. The molecule has 0 saturated heterocycles. The fourth-order valence-electron chi connectivity index (χ4n) is 3.12. The highest BCUT2D eigenvalue weighted by Crippen LogP contribution is 2.19. The van der Waals surface area contributed by atoms with Crippen LogP contribution in [0.1, 0.15) is 43.9 Å². The van der Waals surface area contributed by atoms with Crippen molar-refractivity contribution in [1.29, 1.82) is 0 Å². The van der Waals surface area contributed by atoms with E-state index in [0.29, 0.717) is 18.7 Å². The molecule has 2 atom stereocenters. The highest BCUT2D eigenvalue weighted by atomic mass is 16.5. The van der Waals surface area contributed by atoms with Crippen LogP contribution < -0.4 is 10.1 Å². The molecule has 5 nitrogen and oxygen atoms in total. The van der Waals surface area contributed by atoms with E-state index in [9.17, 15) is 9.59 Å². The van der Waals surface area contributed by atoms with Gasteiger partial charge in [0.15, 0.2) is 6.61 Å². The smallest absolute Gasteiger partial charge is 0.261 e. The van der Waals surface area contributed by atoms with Crippen molar-refractivity contribution in [3.63, 3.8) is 0 Å². The fraction of sp³-hybridized carbons (Fsp3) is 0.440. The zero-order chi connectivity index (χ0) is 22.1. The van der Waals surface area contributed by atoms with E-state index >= 15 is 0 Å². The van der Waals surface area contributed by atoms with Crippen LogP contribution in [0.15, 0.2) is 48.5 Å². The number of aryl methyl sites for hydroxylation is 2. The first-order chi connectivity index (χ1) is 14.3. The molecule has 2 amide bonds. The van der Waals surface area contributed by atoms with E-state index in [0.717, 1.165) is 23.1 Å². The van der Waals surface area contributed by atoms with Crippen molar-refractivity contribution in [1.82, 2.24) is 10.2 Å². The number of ether oxygens (including phenoxy) is 1. The number of carbonyl (C=O) groups excluding carboxylic acids is 2. The maximum Gasteiger partial charge on any atom is 0.261 e. The van der Waals surface area contributed by atoms with Crippen LogP contribution >= 0.6 is 0 Å².